The van der Waals surface area contributed by atoms with Crippen LogP contribution in [0, 0.1) is 0 Å². The van der Waals surface area contributed by atoms with Crippen molar-refractivity contribution < 1.29 is 9.90 Å². The van der Waals surface area contributed by atoms with Gasteiger partial charge < -0.3 is 15.3 Å². The Kier molecular flexibility index (Phi) is 5.13. The van der Waals surface area contributed by atoms with Gasteiger partial charge in [0, 0.05) is 43.6 Å². The van der Waals surface area contributed by atoms with Crippen molar-refractivity contribution in [2.45, 2.75) is 38.0 Å². The summed E-state index contributed by atoms with van der Waals surface area (Å²) in [7, 11) is 0. The SMILES string of the molecule is CC1CNCCN1C(C(=O)N1CCC(O)CC1)c1cccs1. The molecule has 2 unspecified atom stereocenters. The van der Waals surface area contributed by atoms with E-state index in [1.54, 1.807) is 11.3 Å². The number of piperidine rings is 1. The number of rotatable bonds is 3. The van der Waals surface area contributed by atoms with Gasteiger partial charge in [0.2, 0.25) is 5.91 Å². The number of aliphatic hydroxyl groups is 1. The Labute approximate surface area is 135 Å². The molecule has 0 aromatic carbocycles. The Balaban J connectivity index is 1.80. The second kappa shape index (κ2) is 7.08. The van der Waals surface area contributed by atoms with Crippen LogP contribution in [-0.4, -0.2) is 65.7 Å². The van der Waals surface area contributed by atoms with Gasteiger partial charge in [0.15, 0.2) is 0 Å². The third-order valence-corrected chi connectivity index (χ3v) is 5.63. The molecule has 0 aliphatic carbocycles. The van der Waals surface area contributed by atoms with Crippen LogP contribution >= 0.6 is 11.3 Å². The van der Waals surface area contributed by atoms with Gasteiger partial charge in [-0.2, -0.15) is 0 Å². The Bertz CT molecular complexity index is 486. The molecule has 2 aliphatic heterocycles. The van der Waals surface area contributed by atoms with Crippen molar-refractivity contribution in [3.63, 3.8) is 0 Å². The molecule has 1 amide bonds. The minimum Gasteiger partial charge on any atom is -0.393 e. The first-order valence-electron chi connectivity index (χ1n) is 8.13. The van der Waals surface area contributed by atoms with Gasteiger partial charge >= 0.3 is 0 Å². The van der Waals surface area contributed by atoms with E-state index in [-0.39, 0.29) is 18.1 Å². The van der Waals surface area contributed by atoms with Gasteiger partial charge in [-0.1, -0.05) is 6.07 Å². The third-order valence-electron chi connectivity index (χ3n) is 4.71. The summed E-state index contributed by atoms with van der Waals surface area (Å²) >= 11 is 1.66. The Morgan fingerprint density at radius 3 is 2.82 bits per heavy atom. The predicted octanol–water partition coefficient (Wildman–Crippen LogP) is 1.07. The van der Waals surface area contributed by atoms with Crippen LogP contribution < -0.4 is 5.32 Å². The van der Waals surface area contributed by atoms with Crippen LogP contribution in [0.1, 0.15) is 30.7 Å². The van der Waals surface area contributed by atoms with Crippen molar-refractivity contribution in [3.8, 4) is 0 Å². The van der Waals surface area contributed by atoms with Crippen molar-refractivity contribution >= 4 is 17.2 Å². The highest BCUT2D eigenvalue weighted by molar-refractivity contribution is 7.10. The molecule has 3 heterocycles. The number of carbonyl (C=O) groups excluding carboxylic acids is 1. The molecular formula is C16H25N3O2S. The molecule has 2 aliphatic rings. The molecule has 2 fully saturated rings. The largest absolute Gasteiger partial charge is 0.393 e. The molecule has 0 bridgehead atoms. The summed E-state index contributed by atoms with van der Waals surface area (Å²) in [5.74, 6) is 0.197. The summed E-state index contributed by atoms with van der Waals surface area (Å²) in [6.07, 6.45) is 1.14. The zero-order chi connectivity index (χ0) is 15.5. The predicted molar refractivity (Wildman–Crippen MR) is 87.9 cm³/mol. The number of hydrogen-bond acceptors (Lipinski definition) is 5. The van der Waals surface area contributed by atoms with Crippen molar-refractivity contribution in [2.24, 2.45) is 0 Å². The molecule has 1 aromatic rings. The molecule has 0 spiro atoms. The fourth-order valence-corrected chi connectivity index (χ4v) is 4.21. The molecule has 2 saturated heterocycles. The number of carbonyl (C=O) groups is 1. The monoisotopic (exact) mass is 323 g/mol. The topological polar surface area (TPSA) is 55.8 Å². The fourth-order valence-electron chi connectivity index (χ4n) is 3.37. The standard InChI is InChI=1S/C16H25N3O2S/c1-12-11-17-6-9-19(12)15(14-3-2-10-22-14)16(21)18-7-4-13(20)5-8-18/h2-3,10,12-13,15,17,20H,4-9,11H2,1H3. The Morgan fingerprint density at radius 2 is 2.18 bits per heavy atom. The molecule has 6 heteroatoms. The maximum absolute atomic E-state index is 13.1. The van der Waals surface area contributed by atoms with Gasteiger partial charge in [0.05, 0.1) is 6.10 Å². The van der Waals surface area contributed by atoms with Crippen LogP contribution in [0.15, 0.2) is 17.5 Å². The van der Waals surface area contributed by atoms with Gasteiger partial charge in [0.25, 0.3) is 0 Å². The second-order valence-corrected chi connectivity index (χ2v) is 7.24. The Hall–Kier alpha value is -0.950. The molecule has 2 N–H and O–H groups in total. The van der Waals surface area contributed by atoms with Crippen LogP contribution in [0.2, 0.25) is 0 Å². The van der Waals surface area contributed by atoms with Crippen molar-refractivity contribution in [2.75, 3.05) is 32.7 Å². The van der Waals surface area contributed by atoms with Crippen LogP contribution in [0.3, 0.4) is 0 Å². The molecule has 0 radical (unpaired) electrons. The summed E-state index contributed by atoms with van der Waals surface area (Å²) in [6.45, 7) is 6.27. The maximum atomic E-state index is 13.1. The van der Waals surface area contributed by atoms with E-state index >= 15 is 0 Å². The van der Waals surface area contributed by atoms with E-state index in [0.717, 1.165) is 24.5 Å². The van der Waals surface area contributed by atoms with Gasteiger partial charge in [-0.3, -0.25) is 9.69 Å². The van der Waals surface area contributed by atoms with Crippen LogP contribution in [0.25, 0.3) is 0 Å². The minimum atomic E-state index is -0.248. The van der Waals surface area contributed by atoms with E-state index in [2.05, 4.69) is 23.2 Å². The summed E-state index contributed by atoms with van der Waals surface area (Å²) in [5, 5.41) is 15.1. The van der Waals surface area contributed by atoms with Gasteiger partial charge in [-0.15, -0.1) is 11.3 Å². The number of nitrogens with zero attached hydrogens (tertiary/aromatic N) is 2. The highest BCUT2D eigenvalue weighted by Gasteiger charge is 2.36. The molecule has 0 saturated carbocycles. The smallest absolute Gasteiger partial charge is 0.245 e. The quantitative estimate of drug-likeness (QED) is 0.874. The number of likely N-dealkylation sites (tertiary alicyclic amines) is 1. The summed E-state index contributed by atoms with van der Waals surface area (Å²) in [6, 6.07) is 4.26. The van der Waals surface area contributed by atoms with Gasteiger partial charge in [-0.25, -0.2) is 0 Å². The fraction of sp³-hybridized carbons (Fsp3) is 0.688. The number of aliphatic hydroxyl groups excluding tert-OH is 1. The summed E-state index contributed by atoms with van der Waals surface area (Å²) in [5.41, 5.74) is 0. The van der Waals surface area contributed by atoms with Crippen LogP contribution in [-0.2, 0) is 4.79 Å². The third kappa shape index (κ3) is 3.35. The molecule has 22 heavy (non-hydrogen) atoms. The highest BCUT2D eigenvalue weighted by atomic mass is 32.1. The number of nitrogens with one attached hydrogen (secondary N) is 1. The average Bonchev–Trinajstić information content (AvgIpc) is 3.04. The number of hydrogen-bond donors (Lipinski definition) is 2. The first kappa shape index (κ1) is 15.9. The average molecular weight is 323 g/mol. The minimum absolute atomic E-state index is 0.174. The number of piperazine rings is 1. The lowest BCUT2D eigenvalue weighted by Gasteiger charge is -2.41. The molecule has 2 atom stereocenters. The van der Waals surface area contributed by atoms with Crippen molar-refractivity contribution in [3.05, 3.63) is 22.4 Å². The Morgan fingerprint density at radius 1 is 1.41 bits per heavy atom. The lowest BCUT2D eigenvalue weighted by Crippen LogP contribution is -2.55. The number of amides is 1. The first-order valence-corrected chi connectivity index (χ1v) is 9.01. The summed E-state index contributed by atoms with van der Waals surface area (Å²) in [4.78, 5) is 18.5. The lowest BCUT2D eigenvalue weighted by atomic mass is 10.0. The molecule has 3 rings (SSSR count). The lowest BCUT2D eigenvalue weighted by molar-refractivity contribution is -0.140. The van der Waals surface area contributed by atoms with E-state index < -0.39 is 0 Å². The van der Waals surface area contributed by atoms with Crippen molar-refractivity contribution in [1.29, 1.82) is 0 Å². The highest BCUT2D eigenvalue weighted by Crippen LogP contribution is 2.30. The van der Waals surface area contributed by atoms with Gasteiger partial charge in [0.1, 0.15) is 6.04 Å². The zero-order valence-electron chi connectivity index (χ0n) is 13.1. The normalized spacial score (nSPS) is 26.1. The van der Waals surface area contributed by atoms with Crippen LogP contribution in [0.4, 0.5) is 0 Å². The van der Waals surface area contributed by atoms with E-state index in [0.29, 0.717) is 32.0 Å². The van der Waals surface area contributed by atoms with Gasteiger partial charge in [-0.05, 0) is 31.2 Å². The summed E-state index contributed by atoms with van der Waals surface area (Å²) < 4.78 is 0. The maximum Gasteiger partial charge on any atom is 0.245 e. The molecule has 5 nitrogen and oxygen atoms in total. The molecule has 1 aromatic heterocycles. The number of thiophene rings is 1. The second-order valence-electron chi connectivity index (χ2n) is 6.27. The molecular weight excluding hydrogens is 298 g/mol. The first-order chi connectivity index (χ1) is 10.7. The molecule has 122 valence electrons. The van der Waals surface area contributed by atoms with E-state index in [9.17, 15) is 9.90 Å². The van der Waals surface area contributed by atoms with Crippen LogP contribution in [0.5, 0.6) is 0 Å². The zero-order valence-corrected chi connectivity index (χ0v) is 13.9. The van der Waals surface area contributed by atoms with E-state index in [1.807, 2.05) is 16.3 Å². The van der Waals surface area contributed by atoms with E-state index in [4.69, 9.17) is 0 Å². The van der Waals surface area contributed by atoms with E-state index in [1.165, 1.54) is 0 Å². The van der Waals surface area contributed by atoms with Crippen molar-refractivity contribution in [1.82, 2.24) is 15.1 Å².